The van der Waals surface area contributed by atoms with Crippen LogP contribution < -0.4 is 10.1 Å². The number of amides is 1. The van der Waals surface area contributed by atoms with E-state index in [4.69, 9.17) is 21.1 Å². The van der Waals surface area contributed by atoms with Gasteiger partial charge in [-0.25, -0.2) is 8.78 Å². The molecule has 1 heterocycles. The van der Waals surface area contributed by atoms with E-state index in [2.05, 4.69) is 10.4 Å². The van der Waals surface area contributed by atoms with Gasteiger partial charge in [-0.15, -0.1) is 0 Å². The summed E-state index contributed by atoms with van der Waals surface area (Å²) in [6.07, 6.45) is 1.46. The van der Waals surface area contributed by atoms with Crippen LogP contribution in [0.3, 0.4) is 0 Å². The van der Waals surface area contributed by atoms with Gasteiger partial charge in [0.25, 0.3) is 5.91 Å². The Morgan fingerprint density at radius 3 is 2.69 bits per heavy atom. The van der Waals surface area contributed by atoms with Gasteiger partial charge in [-0.05, 0) is 30.3 Å². The molecule has 152 valence electrons. The second kappa shape index (κ2) is 9.02. The number of carbonyl (C=O) groups excluding carboxylic acids is 1. The largest absolute Gasteiger partial charge is 0.490 e. The van der Waals surface area contributed by atoms with Crippen molar-refractivity contribution in [1.29, 1.82) is 0 Å². The second-order valence-electron chi connectivity index (χ2n) is 6.13. The van der Waals surface area contributed by atoms with Gasteiger partial charge >= 0.3 is 0 Å². The van der Waals surface area contributed by atoms with E-state index in [-0.39, 0.29) is 16.8 Å². The van der Waals surface area contributed by atoms with Crippen LogP contribution in [0.5, 0.6) is 5.75 Å². The van der Waals surface area contributed by atoms with Gasteiger partial charge in [-0.2, -0.15) is 5.10 Å². The molecule has 0 fully saturated rings. The first-order chi connectivity index (χ1) is 13.9. The number of halogens is 3. The summed E-state index contributed by atoms with van der Waals surface area (Å²) in [5.74, 6) is -1.58. The standard InChI is InChI=1S/C20H18ClF2N3O3/c1-26-11-15(19(25-26)14-5-3-12(22)9-17(14)23)20(27)24-13-4-6-18(16(21)10-13)29-8-7-28-2/h3-6,9-11H,7-8H2,1-2H3,(H,24,27). The molecule has 29 heavy (non-hydrogen) atoms. The summed E-state index contributed by atoms with van der Waals surface area (Å²) in [5, 5.41) is 7.15. The van der Waals surface area contributed by atoms with E-state index in [9.17, 15) is 13.6 Å². The highest BCUT2D eigenvalue weighted by Crippen LogP contribution is 2.29. The van der Waals surface area contributed by atoms with Gasteiger partial charge in [-0.1, -0.05) is 11.6 Å². The zero-order valence-corrected chi connectivity index (χ0v) is 16.5. The molecule has 2 aromatic carbocycles. The summed E-state index contributed by atoms with van der Waals surface area (Å²) in [6.45, 7) is 0.753. The van der Waals surface area contributed by atoms with Crippen molar-refractivity contribution in [2.24, 2.45) is 7.05 Å². The molecule has 9 heteroatoms. The maximum atomic E-state index is 14.2. The van der Waals surface area contributed by atoms with Crippen LogP contribution in [0.25, 0.3) is 11.3 Å². The molecular weight excluding hydrogens is 404 g/mol. The third kappa shape index (κ3) is 4.90. The van der Waals surface area contributed by atoms with E-state index in [0.717, 1.165) is 12.1 Å². The van der Waals surface area contributed by atoms with Gasteiger partial charge in [0.15, 0.2) is 0 Å². The number of aryl methyl sites for hydroxylation is 1. The van der Waals surface area contributed by atoms with Crippen molar-refractivity contribution in [2.75, 3.05) is 25.6 Å². The fourth-order valence-electron chi connectivity index (χ4n) is 2.66. The van der Waals surface area contributed by atoms with Gasteiger partial charge in [-0.3, -0.25) is 9.48 Å². The number of methoxy groups -OCH3 is 1. The number of benzene rings is 2. The van der Waals surface area contributed by atoms with E-state index in [1.165, 1.54) is 23.0 Å². The quantitative estimate of drug-likeness (QED) is 0.578. The lowest BCUT2D eigenvalue weighted by atomic mass is 10.1. The van der Waals surface area contributed by atoms with Crippen LogP contribution in [-0.2, 0) is 11.8 Å². The smallest absolute Gasteiger partial charge is 0.259 e. The third-order valence-corrected chi connectivity index (χ3v) is 4.29. The van der Waals surface area contributed by atoms with Gasteiger partial charge in [0.1, 0.15) is 29.7 Å². The Morgan fingerprint density at radius 1 is 1.21 bits per heavy atom. The van der Waals surface area contributed by atoms with Crippen LogP contribution in [0.15, 0.2) is 42.6 Å². The molecule has 0 aliphatic carbocycles. The Kier molecular flexibility index (Phi) is 6.46. The second-order valence-corrected chi connectivity index (χ2v) is 6.54. The zero-order valence-electron chi connectivity index (χ0n) is 15.7. The number of anilines is 1. The summed E-state index contributed by atoms with van der Waals surface area (Å²) in [7, 11) is 3.17. The van der Waals surface area contributed by atoms with Crippen LogP contribution in [0.2, 0.25) is 5.02 Å². The number of aromatic nitrogens is 2. The average molecular weight is 422 g/mol. The highest BCUT2D eigenvalue weighted by atomic mass is 35.5. The maximum absolute atomic E-state index is 14.2. The summed E-state index contributed by atoms with van der Waals surface area (Å²) in [4.78, 5) is 12.8. The van der Waals surface area contributed by atoms with Gasteiger partial charge in [0.2, 0.25) is 0 Å². The molecule has 0 saturated heterocycles. The van der Waals surface area contributed by atoms with Crippen molar-refractivity contribution in [1.82, 2.24) is 9.78 Å². The monoisotopic (exact) mass is 421 g/mol. The molecule has 0 atom stereocenters. The summed E-state index contributed by atoms with van der Waals surface area (Å²) >= 11 is 6.19. The predicted octanol–water partition coefficient (Wildman–Crippen LogP) is 4.30. The molecule has 0 aliphatic rings. The van der Waals surface area contributed by atoms with Gasteiger partial charge in [0, 0.05) is 37.7 Å². The first-order valence-corrected chi connectivity index (χ1v) is 8.98. The molecule has 6 nitrogen and oxygen atoms in total. The Balaban J connectivity index is 1.82. The van der Waals surface area contributed by atoms with E-state index < -0.39 is 17.5 Å². The van der Waals surface area contributed by atoms with Crippen molar-refractivity contribution < 1.29 is 23.0 Å². The molecule has 3 rings (SSSR count). The number of nitrogens with one attached hydrogen (secondary N) is 1. The van der Waals surface area contributed by atoms with Crippen LogP contribution in [0.1, 0.15) is 10.4 Å². The van der Waals surface area contributed by atoms with Crippen molar-refractivity contribution in [3.8, 4) is 17.0 Å². The molecule has 0 radical (unpaired) electrons. The summed E-state index contributed by atoms with van der Waals surface area (Å²) in [6, 6.07) is 7.88. The van der Waals surface area contributed by atoms with Gasteiger partial charge < -0.3 is 14.8 Å². The fraction of sp³-hybridized carbons (Fsp3) is 0.200. The minimum atomic E-state index is -0.807. The molecule has 1 N–H and O–H groups in total. The number of rotatable bonds is 7. The molecule has 0 aliphatic heterocycles. The normalized spacial score (nSPS) is 10.8. The first kappa shape index (κ1) is 20.8. The first-order valence-electron chi connectivity index (χ1n) is 8.60. The van der Waals surface area contributed by atoms with Crippen LogP contribution in [0.4, 0.5) is 14.5 Å². The molecule has 0 bridgehead atoms. The lowest BCUT2D eigenvalue weighted by Crippen LogP contribution is -2.12. The Hall–Kier alpha value is -2.97. The van der Waals surface area contributed by atoms with Crippen molar-refractivity contribution in [2.45, 2.75) is 0 Å². The molecule has 0 spiro atoms. The maximum Gasteiger partial charge on any atom is 0.259 e. The van der Waals surface area contributed by atoms with Crippen LogP contribution in [-0.4, -0.2) is 36.0 Å². The number of hydrogen-bond acceptors (Lipinski definition) is 4. The molecule has 0 saturated carbocycles. The Morgan fingerprint density at radius 2 is 2.00 bits per heavy atom. The zero-order chi connectivity index (χ0) is 21.0. The molecular formula is C20H18ClF2N3O3. The minimum absolute atomic E-state index is 0.0251. The fourth-order valence-corrected chi connectivity index (χ4v) is 2.90. The summed E-state index contributed by atoms with van der Waals surface area (Å²) < 4.78 is 39.2. The van der Waals surface area contributed by atoms with E-state index in [0.29, 0.717) is 29.7 Å². The average Bonchev–Trinajstić information content (AvgIpc) is 3.05. The van der Waals surface area contributed by atoms with Gasteiger partial charge in [0.05, 0.1) is 17.2 Å². The predicted molar refractivity (Wildman–Crippen MR) is 105 cm³/mol. The molecule has 1 aromatic heterocycles. The number of ether oxygens (including phenoxy) is 2. The van der Waals surface area contributed by atoms with Crippen molar-refractivity contribution in [3.05, 3.63) is 64.8 Å². The lowest BCUT2D eigenvalue weighted by molar-refractivity contribution is 0.102. The topological polar surface area (TPSA) is 65.4 Å². The highest BCUT2D eigenvalue weighted by molar-refractivity contribution is 6.32. The highest BCUT2D eigenvalue weighted by Gasteiger charge is 2.20. The van der Waals surface area contributed by atoms with E-state index >= 15 is 0 Å². The minimum Gasteiger partial charge on any atom is -0.490 e. The van der Waals surface area contributed by atoms with Crippen LogP contribution in [0, 0.1) is 11.6 Å². The number of carbonyl (C=O) groups is 1. The SMILES string of the molecule is COCCOc1ccc(NC(=O)c2cn(C)nc2-c2ccc(F)cc2F)cc1Cl. The number of hydrogen-bond donors (Lipinski definition) is 1. The molecule has 1 amide bonds. The summed E-state index contributed by atoms with van der Waals surface area (Å²) in [5.41, 5.74) is 0.688. The van der Waals surface area contributed by atoms with Crippen LogP contribution >= 0.6 is 11.6 Å². The lowest BCUT2D eigenvalue weighted by Gasteiger charge is -2.10. The van der Waals surface area contributed by atoms with Crippen molar-refractivity contribution in [3.63, 3.8) is 0 Å². The van der Waals surface area contributed by atoms with E-state index in [1.807, 2.05) is 0 Å². The Bertz CT molecular complexity index is 1040. The molecule has 0 unspecified atom stereocenters. The third-order valence-electron chi connectivity index (χ3n) is 3.99. The van der Waals surface area contributed by atoms with Crippen molar-refractivity contribution >= 4 is 23.2 Å². The van der Waals surface area contributed by atoms with E-state index in [1.54, 1.807) is 26.3 Å². The number of nitrogens with zero attached hydrogens (tertiary/aromatic N) is 2. The molecule has 3 aromatic rings. The Labute approximate surface area is 171 Å².